The van der Waals surface area contributed by atoms with Gasteiger partial charge in [0.05, 0.1) is 10.0 Å². The lowest BCUT2D eigenvalue weighted by Crippen LogP contribution is -2.06. The summed E-state index contributed by atoms with van der Waals surface area (Å²) in [5.74, 6) is 1.95. The number of anilines is 1. The van der Waals surface area contributed by atoms with Crippen molar-refractivity contribution in [2.24, 2.45) is 0 Å². The molecule has 112 valence electrons. The zero-order chi connectivity index (χ0) is 15.6. The smallest absolute Gasteiger partial charge is 0.134 e. The van der Waals surface area contributed by atoms with Crippen molar-refractivity contribution in [1.82, 2.24) is 9.97 Å². The van der Waals surface area contributed by atoms with Crippen LogP contribution in [0.4, 0.5) is 5.82 Å². The lowest BCUT2D eigenvalue weighted by molar-refractivity contribution is 0.750. The predicted molar refractivity (Wildman–Crippen MR) is 91.0 cm³/mol. The number of halogens is 2. The van der Waals surface area contributed by atoms with Crippen LogP contribution in [0.15, 0.2) is 28.1 Å². The largest absolute Gasteiger partial charge is 0.373 e. The van der Waals surface area contributed by atoms with Crippen LogP contribution < -0.4 is 5.32 Å². The van der Waals surface area contributed by atoms with Crippen molar-refractivity contribution in [3.63, 3.8) is 0 Å². The molecule has 0 fully saturated rings. The lowest BCUT2D eigenvalue weighted by Gasteiger charge is -2.13. The third kappa shape index (κ3) is 3.82. The molecule has 1 aromatic carbocycles. The van der Waals surface area contributed by atoms with Crippen LogP contribution >= 0.6 is 35.0 Å². The fraction of sp³-hybridized carbons (Fsp3) is 0.333. The van der Waals surface area contributed by atoms with E-state index in [4.69, 9.17) is 23.2 Å². The second kappa shape index (κ2) is 6.86. The van der Waals surface area contributed by atoms with Gasteiger partial charge in [0.25, 0.3) is 0 Å². The molecule has 0 saturated carbocycles. The van der Waals surface area contributed by atoms with E-state index in [1.165, 1.54) is 0 Å². The van der Waals surface area contributed by atoms with Crippen LogP contribution in [0.5, 0.6) is 0 Å². The molecule has 0 aliphatic carbocycles. The predicted octanol–water partition coefficient (Wildman–Crippen LogP) is 5.41. The van der Waals surface area contributed by atoms with Gasteiger partial charge in [0.2, 0.25) is 0 Å². The number of hydrogen-bond acceptors (Lipinski definition) is 4. The van der Waals surface area contributed by atoms with Gasteiger partial charge in [-0.3, -0.25) is 0 Å². The van der Waals surface area contributed by atoms with E-state index < -0.39 is 0 Å². The molecule has 0 saturated heterocycles. The third-order valence-corrected chi connectivity index (χ3v) is 4.80. The van der Waals surface area contributed by atoms with E-state index in [0.717, 1.165) is 27.1 Å². The summed E-state index contributed by atoms with van der Waals surface area (Å²) in [6.45, 7) is 6.17. The molecule has 0 amide bonds. The molecule has 0 radical (unpaired) electrons. The lowest BCUT2D eigenvalue weighted by atomic mass is 10.2. The third-order valence-electron chi connectivity index (χ3n) is 2.98. The Labute approximate surface area is 139 Å². The molecule has 0 spiro atoms. The number of rotatable bonds is 4. The van der Waals surface area contributed by atoms with E-state index in [-0.39, 0.29) is 5.92 Å². The molecule has 1 heterocycles. The Hall–Kier alpha value is -0.970. The summed E-state index contributed by atoms with van der Waals surface area (Å²) < 4.78 is 0. The second-order valence-corrected chi connectivity index (χ2v) is 6.82. The maximum Gasteiger partial charge on any atom is 0.134 e. The summed E-state index contributed by atoms with van der Waals surface area (Å²) in [6, 6.07) is 5.59. The molecule has 0 aliphatic heterocycles. The van der Waals surface area contributed by atoms with Crippen LogP contribution in [0, 0.1) is 6.92 Å². The van der Waals surface area contributed by atoms with Crippen molar-refractivity contribution in [1.29, 1.82) is 0 Å². The molecule has 1 N–H and O–H groups in total. The van der Waals surface area contributed by atoms with E-state index in [9.17, 15) is 0 Å². The molecule has 1 aromatic heterocycles. The minimum Gasteiger partial charge on any atom is -0.373 e. The van der Waals surface area contributed by atoms with Gasteiger partial charge < -0.3 is 5.32 Å². The summed E-state index contributed by atoms with van der Waals surface area (Å²) in [4.78, 5) is 10.2. The average Bonchev–Trinajstić information content (AvgIpc) is 2.44. The minimum atomic E-state index is 0.269. The minimum absolute atomic E-state index is 0.269. The monoisotopic (exact) mass is 341 g/mol. The van der Waals surface area contributed by atoms with Crippen molar-refractivity contribution in [2.45, 2.75) is 36.6 Å². The van der Waals surface area contributed by atoms with E-state index >= 15 is 0 Å². The Kier molecular flexibility index (Phi) is 5.36. The molecule has 21 heavy (non-hydrogen) atoms. The van der Waals surface area contributed by atoms with Gasteiger partial charge in [0.15, 0.2) is 0 Å². The van der Waals surface area contributed by atoms with E-state index in [0.29, 0.717) is 10.0 Å². The summed E-state index contributed by atoms with van der Waals surface area (Å²) in [5, 5.41) is 5.16. The fourth-order valence-electron chi connectivity index (χ4n) is 1.77. The summed E-state index contributed by atoms with van der Waals surface area (Å²) >= 11 is 13.6. The molecule has 2 rings (SSSR count). The van der Waals surface area contributed by atoms with Crippen molar-refractivity contribution in [2.75, 3.05) is 12.4 Å². The number of benzene rings is 1. The maximum absolute atomic E-state index is 6.07. The van der Waals surface area contributed by atoms with Gasteiger partial charge >= 0.3 is 0 Å². The molecule has 0 atom stereocenters. The molecular formula is C15H17Cl2N3S. The number of aromatic nitrogens is 2. The van der Waals surface area contributed by atoms with Crippen molar-refractivity contribution >= 4 is 40.8 Å². The van der Waals surface area contributed by atoms with Crippen LogP contribution in [0.1, 0.15) is 31.2 Å². The molecule has 0 bridgehead atoms. The van der Waals surface area contributed by atoms with E-state index in [1.54, 1.807) is 17.8 Å². The van der Waals surface area contributed by atoms with Crippen LogP contribution in [0.3, 0.4) is 0 Å². The van der Waals surface area contributed by atoms with Gasteiger partial charge in [-0.05, 0) is 25.1 Å². The Morgan fingerprint density at radius 3 is 2.43 bits per heavy atom. The van der Waals surface area contributed by atoms with Crippen molar-refractivity contribution in [3.8, 4) is 0 Å². The SMILES string of the molecule is CNc1nc(C(C)C)nc(Sc2ccc(Cl)c(Cl)c2)c1C. The Balaban J connectivity index is 2.42. The van der Waals surface area contributed by atoms with Gasteiger partial charge in [-0.2, -0.15) is 0 Å². The van der Waals surface area contributed by atoms with E-state index in [1.807, 2.05) is 26.1 Å². The highest BCUT2D eigenvalue weighted by molar-refractivity contribution is 7.99. The first kappa shape index (κ1) is 16.4. The van der Waals surface area contributed by atoms with Gasteiger partial charge in [0.1, 0.15) is 16.7 Å². The molecule has 3 nitrogen and oxygen atoms in total. The van der Waals surface area contributed by atoms with Crippen LogP contribution in [-0.2, 0) is 0 Å². The van der Waals surface area contributed by atoms with Gasteiger partial charge in [0, 0.05) is 23.4 Å². The highest BCUT2D eigenvalue weighted by Crippen LogP contribution is 2.35. The van der Waals surface area contributed by atoms with Gasteiger partial charge in [-0.25, -0.2) is 9.97 Å². The first-order valence-electron chi connectivity index (χ1n) is 6.61. The zero-order valence-corrected chi connectivity index (χ0v) is 14.7. The zero-order valence-electron chi connectivity index (χ0n) is 12.4. The van der Waals surface area contributed by atoms with Crippen LogP contribution in [0.25, 0.3) is 0 Å². The standard InChI is InChI=1S/C15H17Cl2N3S/c1-8(2)13-19-14(18-4)9(3)15(20-13)21-10-5-6-11(16)12(17)7-10/h5-8H,1-4H3,(H,18,19,20). The average molecular weight is 342 g/mol. The highest BCUT2D eigenvalue weighted by Gasteiger charge is 2.14. The highest BCUT2D eigenvalue weighted by atomic mass is 35.5. The topological polar surface area (TPSA) is 37.8 Å². The number of nitrogens with zero attached hydrogens (tertiary/aromatic N) is 2. The van der Waals surface area contributed by atoms with E-state index in [2.05, 4.69) is 29.1 Å². The van der Waals surface area contributed by atoms with Crippen LogP contribution in [0.2, 0.25) is 10.0 Å². The summed E-state index contributed by atoms with van der Waals surface area (Å²) in [5.41, 5.74) is 1.03. The summed E-state index contributed by atoms with van der Waals surface area (Å²) in [7, 11) is 1.87. The van der Waals surface area contributed by atoms with Crippen molar-refractivity contribution < 1.29 is 0 Å². The molecular weight excluding hydrogens is 325 g/mol. The molecule has 6 heteroatoms. The van der Waals surface area contributed by atoms with Gasteiger partial charge in [-0.1, -0.05) is 48.8 Å². The Morgan fingerprint density at radius 2 is 1.86 bits per heavy atom. The van der Waals surface area contributed by atoms with Crippen LogP contribution in [-0.4, -0.2) is 17.0 Å². The van der Waals surface area contributed by atoms with Gasteiger partial charge in [-0.15, -0.1) is 0 Å². The Morgan fingerprint density at radius 1 is 1.14 bits per heavy atom. The first-order valence-corrected chi connectivity index (χ1v) is 8.18. The fourth-order valence-corrected chi connectivity index (χ4v) is 3.05. The Bertz CT molecular complexity index is 660. The number of nitrogens with one attached hydrogen (secondary N) is 1. The second-order valence-electron chi connectivity index (χ2n) is 4.94. The van der Waals surface area contributed by atoms with Crippen molar-refractivity contribution in [3.05, 3.63) is 39.6 Å². The normalized spacial score (nSPS) is 11.0. The molecule has 0 unspecified atom stereocenters. The number of hydrogen-bond donors (Lipinski definition) is 1. The quantitative estimate of drug-likeness (QED) is 0.754. The first-order chi connectivity index (χ1) is 9.92. The maximum atomic E-state index is 6.07. The molecule has 0 aliphatic rings. The summed E-state index contributed by atoms with van der Waals surface area (Å²) in [6.07, 6.45) is 0. The molecule has 2 aromatic rings.